The molecule has 0 aromatic heterocycles. The Balaban J connectivity index is 3.76. The second kappa shape index (κ2) is 21.3. The minimum absolute atomic E-state index is 0.0199. The van der Waals surface area contributed by atoms with E-state index in [4.69, 9.17) is 23.4 Å². The van der Waals surface area contributed by atoms with Crippen molar-refractivity contribution in [3.05, 3.63) is 12.2 Å². The Morgan fingerprint density at radius 2 is 1.57 bits per heavy atom. The van der Waals surface area contributed by atoms with Crippen LogP contribution in [-0.4, -0.2) is 74.1 Å². The third kappa shape index (κ3) is 26.1. The van der Waals surface area contributed by atoms with Crippen LogP contribution in [0.1, 0.15) is 106 Å². The molecule has 0 rings (SSSR count). The van der Waals surface area contributed by atoms with Gasteiger partial charge in [0, 0.05) is 16.0 Å². The van der Waals surface area contributed by atoms with Crippen LogP contribution in [0.4, 0.5) is 0 Å². The van der Waals surface area contributed by atoms with Gasteiger partial charge in [0.25, 0.3) is 0 Å². The van der Waals surface area contributed by atoms with Crippen LogP contribution in [0.25, 0.3) is 0 Å². The van der Waals surface area contributed by atoms with E-state index in [9.17, 15) is 19.4 Å². The van der Waals surface area contributed by atoms with E-state index in [-0.39, 0.29) is 26.1 Å². The summed E-state index contributed by atoms with van der Waals surface area (Å²) >= 11 is 0. The minimum Gasteiger partial charge on any atom is -0.463 e. The van der Waals surface area contributed by atoms with Crippen LogP contribution in [0.3, 0.4) is 0 Å². The fourth-order valence-corrected chi connectivity index (χ4v) is 3.72. The molecule has 208 valence electrons. The molecule has 0 bridgehead atoms. The van der Waals surface area contributed by atoms with Crippen LogP contribution in [-0.2, 0) is 23.1 Å². The monoisotopic (exact) mass is 529 g/mol. The average molecular weight is 530 g/mol. The lowest BCUT2D eigenvalue weighted by Gasteiger charge is -2.24. The van der Waals surface area contributed by atoms with Gasteiger partial charge in [-0.05, 0) is 32.1 Å². The number of phosphoric ester groups is 1. The number of hydrogen-bond donors (Lipinski definition) is 2. The first-order chi connectivity index (χ1) is 19.2. The highest BCUT2D eigenvalue weighted by Crippen LogP contribution is 2.43. The predicted molar refractivity (Wildman–Crippen MR) is 141 cm³/mol. The molecule has 8 nitrogen and oxygen atoms in total. The number of aliphatic hydroxyl groups is 1. The van der Waals surface area contributed by atoms with Crippen molar-refractivity contribution >= 4 is 13.8 Å². The van der Waals surface area contributed by atoms with Gasteiger partial charge in [-0.1, -0.05) is 70.3 Å². The van der Waals surface area contributed by atoms with Crippen molar-refractivity contribution in [1.82, 2.24) is 0 Å². The molecule has 1 unspecified atom stereocenters. The quantitative estimate of drug-likeness (QED) is 0.0538. The molecule has 0 saturated heterocycles. The van der Waals surface area contributed by atoms with E-state index in [1.165, 1.54) is 0 Å². The van der Waals surface area contributed by atoms with E-state index in [2.05, 4.69) is 12.2 Å². The molecule has 2 N–H and O–H groups in total. The molecule has 0 heterocycles. The number of likely N-dealkylation sites (N-methyl/N-ethyl adjacent to an activating group) is 1. The molecule has 0 radical (unpaired) electrons. The summed E-state index contributed by atoms with van der Waals surface area (Å²) in [5.74, 6) is -0.449. The molecule has 0 fully saturated rings. The molecule has 0 aromatic carbocycles. The lowest BCUT2D eigenvalue weighted by atomic mass is 10.1. The zero-order chi connectivity index (χ0) is 32.5. The number of ether oxygens (including phenoxy) is 1. The average Bonchev–Trinajstić information content (AvgIpc) is 2.84. The summed E-state index contributed by atoms with van der Waals surface area (Å²) in [6.07, 6.45) is 6.05. The van der Waals surface area contributed by atoms with Crippen LogP contribution in [0.15, 0.2) is 12.2 Å². The van der Waals surface area contributed by atoms with E-state index in [0.717, 1.165) is 44.9 Å². The maximum Gasteiger partial charge on any atom is 0.472 e. The highest BCUT2D eigenvalue weighted by Gasteiger charge is 2.24. The molecule has 0 spiro atoms. The van der Waals surface area contributed by atoms with E-state index in [1.54, 1.807) is 0 Å². The molecule has 9 heteroatoms. The van der Waals surface area contributed by atoms with Gasteiger partial charge in [-0.25, -0.2) is 4.57 Å². The number of hydrogen-bond acceptors (Lipinski definition) is 6. The summed E-state index contributed by atoms with van der Waals surface area (Å²) in [4.78, 5) is 21.5. The van der Waals surface area contributed by atoms with Gasteiger partial charge in [0.2, 0.25) is 0 Å². The van der Waals surface area contributed by atoms with Gasteiger partial charge in [-0.2, -0.15) is 0 Å². The third-order valence-electron chi connectivity index (χ3n) is 5.06. The maximum absolute atomic E-state index is 11.8. The molecular formula is C26H53NO7P+. The summed E-state index contributed by atoms with van der Waals surface area (Å²) in [6, 6.07) is 0. The van der Waals surface area contributed by atoms with Crippen molar-refractivity contribution < 1.29 is 47.2 Å². The Kier molecular flexibility index (Phi) is 14.2. The number of rotatable bonds is 24. The second-order valence-electron chi connectivity index (χ2n) is 9.63. The van der Waals surface area contributed by atoms with Gasteiger partial charge >= 0.3 is 13.8 Å². The maximum atomic E-state index is 11.8. The van der Waals surface area contributed by atoms with E-state index in [1.807, 2.05) is 21.1 Å². The molecule has 2 atom stereocenters. The normalized spacial score (nSPS) is 18.9. The predicted octanol–water partition coefficient (Wildman–Crippen LogP) is 5.77. The van der Waals surface area contributed by atoms with Crippen molar-refractivity contribution in [1.29, 1.82) is 0 Å². The number of nitrogens with zero attached hydrogens (tertiary/aromatic N) is 1. The van der Waals surface area contributed by atoms with Crippen LogP contribution < -0.4 is 0 Å². The minimum atomic E-state index is -4.29. The van der Waals surface area contributed by atoms with Gasteiger partial charge in [0.15, 0.2) is 0 Å². The molecular weight excluding hydrogens is 469 g/mol. The Morgan fingerprint density at radius 1 is 0.971 bits per heavy atom. The highest BCUT2D eigenvalue weighted by molar-refractivity contribution is 7.47. The first-order valence-electron chi connectivity index (χ1n) is 16.1. The van der Waals surface area contributed by atoms with Crippen molar-refractivity contribution in [3.63, 3.8) is 0 Å². The largest absolute Gasteiger partial charge is 0.472 e. The molecule has 0 amide bonds. The summed E-state index contributed by atoms with van der Waals surface area (Å²) < 4.78 is 79.5. The first kappa shape index (κ1) is 23.4. The molecule has 0 aliphatic carbocycles. The number of quaternary nitrogens is 1. The van der Waals surface area contributed by atoms with Crippen LogP contribution >= 0.6 is 7.82 Å². The Bertz CT molecular complexity index is 837. The Labute approximate surface area is 224 Å². The van der Waals surface area contributed by atoms with Crippen molar-refractivity contribution in [3.8, 4) is 0 Å². The third-order valence-corrected chi connectivity index (χ3v) is 6.05. The lowest BCUT2D eigenvalue weighted by Crippen LogP contribution is -2.37. The Morgan fingerprint density at radius 3 is 2.20 bits per heavy atom. The van der Waals surface area contributed by atoms with Gasteiger partial charge in [0.1, 0.15) is 25.9 Å². The Hall–Kier alpha value is -0.760. The molecule has 0 aliphatic heterocycles. The molecule has 0 saturated carbocycles. The number of allylic oxidation sites excluding steroid dienone is 2. The smallest absolute Gasteiger partial charge is 0.463 e. The van der Waals surface area contributed by atoms with Gasteiger partial charge < -0.3 is 19.2 Å². The number of esters is 1. The van der Waals surface area contributed by atoms with E-state index < -0.39 is 46.1 Å². The number of aliphatic hydroxyl groups excluding tert-OH is 1. The zero-order valence-corrected chi connectivity index (χ0v) is 22.8. The van der Waals surface area contributed by atoms with Gasteiger partial charge in [0.05, 0.1) is 27.7 Å². The zero-order valence-electron chi connectivity index (χ0n) is 28.9. The van der Waals surface area contributed by atoms with Crippen LogP contribution in [0.2, 0.25) is 0 Å². The highest BCUT2D eigenvalue weighted by atomic mass is 31.2. The van der Waals surface area contributed by atoms with Crippen LogP contribution in [0.5, 0.6) is 0 Å². The fraction of sp³-hybridized carbons (Fsp3) is 0.885. The lowest BCUT2D eigenvalue weighted by molar-refractivity contribution is -0.870. The van der Waals surface area contributed by atoms with E-state index >= 15 is 0 Å². The van der Waals surface area contributed by atoms with Crippen molar-refractivity contribution in [2.45, 2.75) is 103 Å². The molecule has 0 aliphatic rings. The second-order valence-corrected chi connectivity index (χ2v) is 11.1. The molecule has 0 aromatic rings. The van der Waals surface area contributed by atoms with Gasteiger partial charge in [-0.3, -0.25) is 13.8 Å². The van der Waals surface area contributed by atoms with Crippen LogP contribution in [0, 0.1) is 0 Å². The molecule has 35 heavy (non-hydrogen) atoms. The summed E-state index contributed by atoms with van der Waals surface area (Å²) in [6.45, 7) is -3.30. The topological polar surface area (TPSA) is 102 Å². The van der Waals surface area contributed by atoms with Gasteiger partial charge in [-0.15, -0.1) is 0 Å². The summed E-state index contributed by atoms with van der Waals surface area (Å²) in [7, 11) is 1.44. The first-order valence-corrected chi connectivity index (χ1v) is 14.1. The summed E-state index contributed by atoms with van der Waals surface area (Å²) in [5.41, 5.74) is 0. The van der Waals surface area contributed by atoms with E-state index in [0.29, 0.717) is 30.3 Å². The fourth-order valence-electron chi connectivity index (χ4n) is 2.97. The standard InChI is InChI=1S/C26H52NO7P/c1-5-6-7-8-9-10-11-12-13-14-15-16-17-18-19-20-26(29)32-23-25(28)24-34-35(30,31)33-22-21-27(2,3)4/h12-13,25,28H,5-11,14-24H2,1-4H3/p+1/b13-12+/t25-/m1/s1/i1D3,5D2,6D2. The number of phosphoric acid groups is 1. The van der Waals surface area contributed by atoms with Crippen molar-refractivity contribution in [2.24, 2.45) is 0 Å². The summed E-state index contributed by atoms with van der Waals surface area (Å²) in [5, 5.41) is 9.84. The van der Waals surface area contributed by atoms with Crippen molar-refractivity contribution in [2.75, 3.05) is 47.5 Å². The SMILES string of the molecule is [2H]C([2H])([2H])C([2H])([2H])C([2H])([2H])CCCCC/C=C/CCCCCCCC(=O)OC[C@@H](O)COP(=O)(O)OCC[N+](C)(C)C. The number of carbonyl (C=O) groups excluding carboxylic acids is 1. The number of carbonyl (C=O) groups is 1. The number of unbranched alkanes of at least 4 members (excludes halogenated alkanes) is 8.